The van der Waals surface area contributed by atoms with Crippen LogP contribution in [0.15, 0.2) is 18.2 Å². The molecule has 226 valence electrons. The van der Waals surface area contributed by atoms with Gasteiger partial charge in [0.25, 0.3) is 0 Å². The number of fused-ring (bicyclic) bond motifs is 8. The molecule has 3 aromatic rings. The minimum absolute atomic E-state index is 0.0946. The molecule has 0 radical (unpaired) electrons. The molecule has 0 aromatic carbocycles. The molecule has 0 spiro atoms. The largest absolute Gasteiger partial charge is 0.481 e. The Morgan fingerprint density at radius 1 is 0.750 bits per heavy atom. The lowest BCUT2D eigenvalue weighted by atomic mass is 10.00. The predicted octanol–water partition coefficient (Wildman–Crippen LogP) is 6.71. The van der Waals surface area contributed by atoms with E-state index in [0.717, 1.165) is 27.8 Å². The van der Waals surface area contributed by atoms with Crippen LogP contribution in [0.25, 0.3) is 44.9 Å². The summed E-state index contributed by atoms with van der Waals surface area (Å²) in [6, 6.07) is 5.58. The van der Waals surface area contributed by atoms with Gasteiger partial charge in [0.15, 0.2) is 11.6 Å². The van der Waals surface area contributed by atoms with Crippen LogP contribution in [-0.4, -0.2) is 53.7 Å². The molecule has 10 nitrogen and oxygen atoms in total. The molecule has 0 aliphatic carbocycles. The number of nitrogens with zero attached hydrogens (tertiary/aromatic N) is 2. The van der Waals surface area contributed by atoms with E-state index in [-0.39, 0.29) is 37.2 Å². The summed E-state index contributed by atoms with van der Waals surface area (Å²) in [5, 5.41) is 19.0. The molecule has 8 bridgehead atoms. The molecule has 0 saturated heterocycles. The van der Waals surface area contributed by atoms with Crippen LogP contribution >= 0.6 is 0 Å². The number of carbonyl (C=O) groups excluding carboxylic acids is 2. The SMILES string of the molecule is CC(=O)c1c2nc(c(C(C)=O)c3[nH]c(cc4nc(cc5[nH]c1cc5C)C(C)=C4CCC(=O)O)c(CCC(=O)O)c3C)C=C2C. The molecule has 0 atom stereocenters. The molecule has 4 N–H and O–H groups in total. The second kappa shape index (κ2) is 11.5. The molecule has 3 aromatic heterocycles. The molecule has 0 amide bonds. The summed E-state index contributed by atoms with van der Waals surface area (Å²) >= 11 is 0. The number of hydrogen-bond acceptors (Lipinski definition) is 6. The summed E-state index contributed by atoms with van der Waals surface area (Å²) in [7, 11) is 0. The van der Waals surface area contributed by atoms with Gasteiger partial charge in [-0.3, -0.25) is 19.2 Å². The van der Waals surface area contributed by atoms with E-state index in [1.165, 1.54) is 13.8 Å². The van der Waals surface area contributed by atoms with Crippen LogP contribution in [0.1, 0.15) is 107 Å². The predicted molar refractivity (Wildman–Crippen MR) is 169 cm³/mol. The highest BCUT2D eigenvalue weighted by Crippen LogP contribution is 2.36. The average molecular weight is 595 g/mol. The van der Waals surface area contributed by atoms with Crippen molar-refractivity contribution in [1.29, 1.82) is 0 Å². The van der Waals surface area contributed by atoms with E-state index in [1.54, 1.807) is 6.08 Å². The summed E-state index contributed by atoms with van der Waals surface area (Å²) in [5.41, 5.74) is 9.79. The van der Waals surface area contributed by atoms with Crippen molar-refractivity contribution in [3.63, 3.8) is 0 Å². The van der Waals surface area contributed by atoms with E-state index < -0.39 is 11.9 Å². The van der Waals surface area contributed by atoms with Gasteiger partial charge in [-0.15, -0.1) is 0 Å². The quantitative estimate of drug-likeness (QED) is 0.209. The molecular weight excluding hydrogens is 560 g/mol. The third-order valence-corrected chi connectivity index (χ3v) is 8.27. The Balaban J connectivity index is 2.02. The lowest BCUT2D eigenvalue weighted by Crippen LogP contribution is -2.01. The van der Waals surface area contributed by atoms with Gasteiger partial charge in [-0.25, -0.2) is 9.97 Å². The van der Waals surface area contributed by atoms with Gasteiger partial charge in [0.1, 0.15) is 0 Å². The van der Waals surface area contributed by atoms with Crippen LogP contribution in [-0.2, 0) is 16.0 Å². The number of aromatic nitrogens is 4. The monoisotopic (exact) mass is 594 g/mol. The second-order valence-corrected chi connectivity index (χ2v) is 11.4. The minimum Gasteiger partial charge on any atom is -0.481 e. The Labute approximate surface area is 253 Å². The van der Waals surface area contributed by atoms with Crippen LogP contribution in [0.5, 0.6) is 0 Å². The van der Waals surface area contributed by atoms with E-state index in [1.807, 2.05) is 45.9 Å². The fourth-order valence-electron chi connectivity index (χ4n) is 6.02. The zero-order chi connectivity index (χ0) is 32.0. The van der Waals surface area contributed by atoms with Gasteiger partial charge in [-0.05, 0) is 112 Å². The highest BCUT2D eigenvalue weighted by atomic mass is 16.4. The summed E-state index contributed by atoms with van der Waals surface area (Å²) in [5.74, 6) is -2.34. The fourth-order valence-corrected chi connectivity index (χ4v) is 6.02. The van der Waals surface area contributed by atoms with Crippen LogP contribution in [0.3, 0.4) is 0 Å². The smallest absolute Gasteiger partial charge is 0.303 e. The van der Waals surface area contributed by atoms with E-state index >= 15 is 0 Å². The first kappa shape index (κ1) is 30.3. The molecule has 0 saturated carbocycles. The van der Waals surface area contributed by atoms with Gasteiger partial charge in [-0.2, -0.15) is 0 Å². The Morgan fingerprint density at radius 3 is 2.02 bits per heavy atom. The van der Waals surface area contributed by atoms with E-state index in [0.29, 0.717) is 61.6 Å². The Hall–Kier alpha value is -5.12. The zero-order valence-electron chi connectivity index (χ0n) is 25.6. The van der Waals surface area contributed by atoms with Crippen molar-refractivity contribution in [3.8, 4) is 0 Å². The van der Waals surface area contributed by atoms with Gasteiger partial charge in [0.05, 0.1) is 44.9 Å². The Kier molecular flexibility index (Phi) is 7.94. The molecule has 2 aliphatic heterocycles. The minimum atomic E-state index is -0.959. The van der Waals surface area contributed by atoms with Gasteiger partial charge >= 0.3 is 11.9 Å². The summed E-state index contributed by atoms with van der Waals surface area (Å²) in [4.78, 5) is 65.9. The first-order valence-electron chi connectivity index (χ1n) is 14.4. The highest BCUT2D eigenvalue weighted by Gasteiger charge is 2.24. The van der Waals surface area contributed by atoms with Crippen molar-refractivity contribution in [3.05, 3.63) is 68.8 Å². The molecule has 0 fully saturated rings. The maximum atomic E-state index is 13.2. The lowest BCUT2D eigenvalue weighted by molar-refractivity contribution is -0.137. The fraction of sp³-hybridized carbons (Fsp3) is 0.294. The first-order valence-corrected chi connectivity index (χ1v) is 14.4. The van der Waals surface area contributed by atoms with Crippen molar-refractivity contribution in [2.45, 2.75) is 67.2 Å². The highest BCUT2D eigenvalue weighted by molar-refractivity contribution is 6.10. The maximum absolute atomic E-state index is 13.2. The summed E-state index contributed by atoms with van der Waals surface area (Å²) in [6.45, 7) is 10.4. The third kappa shape index (κ3) is 5.50. The number of aliphatic carboxylic acids is 2. The topological polar surface area (TPSA) is 166 Å². The van der Waals surface area contributed by atoms with Crippen molar-refractivity contribution < 1.29 is 29.4 Å². The molecule has 5 rings (SSSR count). The number of carboxylic acids is 2. The van der Waals surface area contributed by atoms with Crippen molar-refractivity contribution in [2.75, 3.05) is 0 Å². The normalized spacial score (nSPS) is 12.8. The van der Waals surface area contributed by atoms with Crippen LogP contribution in [0, 0.1) is 13.8 Å². The van der Waals surface area contributed by atoms with Crippen molar-refractivity contribution in [1.82, 2.24) is 19.9 Å². The summed E-state index contributed by atoms with van der Waals surface area (Å²) < 4.78 is 0. The van der Waals surface area contributed by atoms with Gasteiger partial charge in [0, 0.05) is 23.9 Å². The molecule has 44 heavy (non-hydrogen) atoms. The first-order chi connectivity index (χ1) is 20.8. The van der Waals surface area contributed by atoms with Gasteiger partial charge in [-0.1, -0.05) is 0 Å². The second-order valence-electron chi connectivity index (χ2n) is 11.4. The number of hydrogen-bond donors (Lipinski definition) is 4. The Bertz CT molecular complexity index is 2020. The standard InChI is InChI=1S/C34H34N4O6/c1-15-11-27-31(19(5)39)33-16(2)12-28(38-33)32(20(6)40)34-18(4)22(8-10-30(43)44)26(37-34)14-25-21(7-9-29(41)42)17(3)24(36-25)13-23(15)35-27/h11-14,35,37H,7-10H2,1-6H3,(H,41,42)(H,43,44). The van der Waals surface area contributed by atoms with Gasteiger partial charge < -0.3 is 20.2 Å². The number of allylic oxidation sites excluding steroid dienone is 3. The van der Waals surface area contributed by atoms with Crippen molar-refractivity contribution in [2.24, 2.45) is 0 Å². The number of carboxylic acid groups (broad SMARTS) is 2. The number of rotatable bonds is 8. The van der Waals surface area contributed by atoms with Crippen LogP contribution < -0.4 is 0 Å². The number of aromatic amines is 2. The molecular formula is C34H34N4O6. The molecule has 0 unspecified atom stereocenters. The zero-order valence-corrected chi connectivity index (χ0v) is 25.6. The number of H-pyrrole nitrogens is 2. The number of Topliss-reactive ketones (excluding diaryl/α,β-unsaturated/α-hetero) is 2. The Morgan fingerprint density at radius 2 is 1.39 bits per heavy atom. The van der Waals surface area contributed by atoms with Crippen LogP contribution in [0.2, 0.25) is 0 Å². The van der Waals surface area contributed by atoms with E-state index in [2.05, 4.69) is 9.97 Å². The van der Waals surface area contributed by atoms with E-state index in [4.69, 9.17) is 9.97 Å². The number of carbonyl (C=O) groups is 4. The van der Waals surface area contributed by atoms with Crippen LogP contribution in [0.4, 0.5) is 0 Å². The maximum Gasteiger partial charge on any atom is 0.303 e. The number of aryl methyl sites for hydroxylation is 3. The average Bonchev–Trinajstić information content (AvgIpc) is 3.63. The molecule has 5 heterocycles. The van der Waals surface area contributed by atoms with E-state index in [9.17, 15) is 29.4 Å². The summed E-state index contributed by atoms with van der Waals surface area (Å²) in [6.07, 6.45) is 2.00. The third-order valence-electron chi connectivity index (χ3n) is 8.27. The van der Waals surface area contributed by atoms with Crippen molar-refractivity contribution >= 4 is 68.4 Å². The number of ketones is 2. The lowest BCUT2D eigenvalue weighted by Gasteiger charge is -2.03. The molecule has 2 aliphatic rings. The number of nitrogens with one attached hydrogen (secondary N) is 2. The van der Waals surface area contributed by atoms with Gasteiger partial charge in [0.2, 0.25) is 0 Å². The molecule has 10 heteroatoms.